The van der Waals surface area contributed by atoms with Crippen molar-refractivity contribution in [3.8, 4) is 34.0 Å². The molecule has 0 radical (unpaired) electrons. The number of hydrogen-bond donors (Lipinski definition) is 2. The third-order valence-electron chi connectivity index (χ3n) is 15.9. The van der Waals surface area contributed by atoms with Crippen LogP contribution in [-0.2, 0) is 32.8 Å². The largest absolute Gasteiger partial charge is 0.497 e. The molecule has 0 spiro atoms. The highest BCUT2D eigenvalue weighted by molar-refractivity contribution is 9.10. The molecule has 0 amide bonds. The number of fused-ring (bicyclic) bond motifs is 3. The summed E-state index contributed by atoms with van der Waals surface area (Å²) in [5, 5.41) is 1.86. The first-order valence-corrected chi connectivity index (χ1v) is 30.0. The first kappa shape index (κ1) is 55.5. The molecule has 406 valence electrons. The van der Waals surface area contributed by atoms with E-state index in [0.29, 0.717) is 44.8 Å². The van der Waals surface area contributed by atoms with Gasteiger partial charge in [-0.15, -0.1) is 11.8 Å². The van der Waals surface area contributed by atoms with Crippen molar-refractivity contribution in [3.05, 3.63) is 166 Å². The van der Waals surface area contributed by atoms with Crippen LogP contribution in [0, 0.1) is 35.2 Å². The molecule has 11 nitrogen and oxygen atoms in total. The minimum Gasteiger partial charge on any atom is -0.497 e. The third-order valence-corrected chi connectivity index (χ3v) is 19.5. The molecule has 78 heavy (non-hydrogen) atoms. The van der Waals surface area contributed by atoms with E-state index in [2.05, 4.69) is 25.9 Å². The zero-order valence-electron chi connectivity index (χ0n) is 43.4. The van der Waals surface area contributed by atoms with Gasteiger partial charge in [-0.2, -0.15) is 0 Å². The SMILES string of the molecule is COc1ccnc(-c2ccc(F)c([C@]34CCC[C@H]3CSC(N)=N4)c2)c1.COc1ccnc(-c2ccc(F)c([C@]34CCC[C@H]3CSC(N)=N4)c2)c1.O=C(CC1=N[C@@]2(c3cc(Br)ccc3F)CCC[C@H]2CS1)OCc1ccccc1. The van der Waals surface area contributed by atoms with Gasteiger partial charge < -0.3 is 25.7 Å². The van der Waals surface area contributed by atoms with Gasteiger partial charge in [-0.1, -0.05) is 89.0 Å². The van der Waals surface area contributed by atoms with Crippen molar-refractivity contribution in [3.63, 3.8) is 0 Å². The lowest BCUT2D eigenvalue weighted by atomic mass is 9.80. The quantitative estimate of drug-likeness (QED) is 0.119. The number of carbonyl (C=O) groups is 1. The summed E-state index contributed by atoms with van der Waals surface area (Å²) < 4.78 is 61.1. The first-order chi connectivity index (χ1) is 37.8. The maximum atomic E-state index is 14.8. The molecule has 5 heterocycles. The van der Waals surface area contributed by atoms with Crippen LogP contribution in [0.5, 0.6) is 11.5 Å². The maximum absolute atomic E-state index is 14.8. The molecule has 18 heteroatoms. The lowest BCUT2D eigenvalue weighted by Gasteiger charge is -2.37. The van der Waals surface area contributed by atoms with Gasteiger partial charge >= 0.3 is 5.97 Å². The van der Waals surface area contributed by atoms with Gasteiger partial charge in [-0.3, -0.25) is 29.7 Å². The van der Waals surface area contributed by atoms with Crippen molar-refractivity contribution in [2.24, 2.45) is 44.2 Å². The van der Waals surface area contributed by atoms with Crippen molar-refractivity contribution >= 4 is 72.6 Å². The average molecular weight is 1180 g/mol. The maximum Gasteiger partial charge on any atom is 0.312 e. The zero-order chi connectivity index (χ0) is 54.4. The van der Waals surface area contributed by atoms with Gasteiger partial charge in [0, 0.05) is 74.1 Å². The fourth-order valence-electron chi connectivity index (χ4n) is 12.1. The van der Waals surface area contributed by atoms with E-state index in [0.717, 1.165) is 124 Å². The Hall–Kier alpha value is -5.82. The van der Waals surface area contributed by atoms with Crippen molar-refractivity contribution in [2.75, 3.05) is 31.5 Å². The van der Waals surface area contributed by atoms with E-state index in [1.165, 1.54) is 18.2 Å². The van der Waals surface area contributed by atoms with Gasteiger partial charge in [0.05, 0.1) is 53.7 Å². The molecule has 3 aliphatic heterocycles. The summed E-state index contributed by atoms with van der Waals surface area (Å²) in [6.45, 7) is 0.256. The Labute approximate surface area is 474 Å². The van der Waals surface area contributed by atoms with Crippen molar-refractivity contribution in [2.45, 2.75) is 87.4 Å². The second-order valence-corrected chi connectivity index (χ2v) is 24.5. The summed E-state index contributed by atoms with van der Waals surface area (Å²) in [6.07, 6.45) is 12.3. The summed E-state index contributed by atoms with van der Waals surface area (Å²) in [6, 6.07) is 32.3. The highest BCUT2D eigenvalue weighted by Crippen LogP contribution is 2.55. The number of aliphatic imine (C=N–C) groups is 3. The number of amidine groups is 2. The summed E-state index contributed by atoms with van der Waals surface area (Å²) in [5.41, 5.74) is 16.5. The topological polar surface area (TPSA) is 160 Å². The van der Waals surface area contributed by atoms with Gasteiger partial charge in [0.15, 0.2) is 10.3 Å². The zero-order valence-corrected chi connectivity index (χ0v) is 47.5. The summed E-state index contributed by atoms with van der Waals surface area (Å²) >= 11 is 8.22. The number of esters is 1. The van der Waals surface area contributed by atoms with Crippen molar-refractivity contribution < 1.29 is 32.2 Å². The molecule has 4 N–H and O–H groups in total. The fraction of sp³-hybridized carbons (Fsp3) is 0.367. The number of hydrogen-bond acceptors (Lipinski definition) is 14. The van der Waals surface area contributed by atoms with Crippen molar-refractivity contribution in [1.82, 2.24) is 9.97 Å². The second-order valence-electron chi connectivity index (χ2n) is 20.4. The molecular weight excluding hydrogens is 1120 g/mol. The molecule has 12 rings (SSSR count). The van der Waals surface area contributed by atoms with E-state index in [-0.39, 0.29) is 36.4 Å². The van der Waals surface area contributed by atoms with E-state index in [9.17, 15) is 18.0 Å². The number of halogens is 4. The molecule has 0 bridgehead atoms. The summed E-state index contributed by atoms with van der Waals surface area (Å²) in [7, 11) is 3.24. The van der Waals surface area contributed by atoms with E-state index < -0.39 is 16.6 Å². The molecular formula is C60H61BrF3N7O4S3. The molecule has 6 aromatic rings. The molecule has 0 unspecified atom stereocenters. The van der Waals surface area contributed by atoms with Gasteiger partial charge in [-0.25, -0.2) is 13.2 Å². The number of methoxy groups -OCH3 is 2. The van der Waals surface area contributed by atoms with Crippen LogP contribution < -0.4 is 20.9 Å². The molecule has 3 aliphatic carbocycles. The molecule has 3 fully saturated rings. The molecule has 0 saturated heterocycles. The lowest BCUT2D eigenvalue weighted by Crippen LogP contribution is -2.37. The highest BCUT2D eigenvalue weighted by atomic mass is 79.9. The number of carbonyl (C=O) groups excluding carboxylic acids is 1. The Morgan fingerprint density at radius 3 is 1.56 bits per heavy atom. The number of pyridine rings is 2. The summed E-state index contributed by atoms with van der Waals surface area (Å²) in [5.74, 6) is 4.10. The van der Waals surface area contributed by atoms with Crippen LogP contribution in [0.1, 0.15) is 86.5 Å². The van der Waals surface area contributed by atoms with E-state index in [4.69, 9.17) is 40.7 Å². The Morgan fingerprint density at radius 1 is 0.603 bits per heavy atom. The summed E-state index contributed by atoms with van der Waals surface area (Å²) in [4.78, 5) is 35.6. The molecule has 4 aromatic carbocycles. The number of aromatic nitrogens is 2. The minimum atomic E-state index is -0.561. The normalized spacial score (nSPS) is 24.8. The Morgan fingerprint density at radius 2 is 1.06 bits per heavy atom. The number of rotatable bonds is 11. The van der Waals surface area contributed by atoms with Crippen LogP contribution in [0.15, 0.2) is 141 Å². The lowest BCUT2D eigenvalue weighted by molar-refractivity contribution is -0.143. The van der Waals surface area contributed by atoms with Gasteiger partial charge in [0.25, 0.3) is 0 Å². The second kappa shape index (κ2) is 24.3. The molecule has 2 aromatic heterocycles. The van der Waals surface area contributed by atoms with Crippen LogP contribution in [-0.4, -0.2) is 62.8 Å². The number of benzene rings is 4. The van der Waals surface area contributed by atoms with Gasteiger partial charge in [0.2, 0.25) is 0 Å². The first-order valence-electron chi connectivity index (χ1n) is 26.2. The highest BCUT2D eigenvalue weighted by Gasteiger charge is 2.50. The molecule has 6 atom stereocenters. The van der Waals surface area contributed by atoms with Crippen molar-refractivity contribution in [1.29, 1.82) is 0 Å². The Kier molecular flexibility index (Phi) is 17.3. The number of thioether (sulfide) groups is 3. The van der Waals surface area contributed by atoms with Crippen LogP contribution in [0.4, 0.5) is 13.2 Å². The Balaban J connectivity index is 0.000000133. The molecule has 3 saturated carbocycles. The third kappa shape index (κ3) is 11.7. The minimum absolute atomic E-state index is 0.140. The van der Waals surface area contributed by atoms with Crippen LogP contribution >= 0.6 is 51.2 Å². The predicted molar refractivity (Wildman–Crippen MR) is 312 cm³/mol. The smallest absolute Gasteiger partial charge is 0.312 e. The fourth-order valence-corrected chi connectivity index (χ4v) is 15.8. The standard InChI is InChI=1S/C22H21BrFNO2S.2C19H20FN3OS/c23-17-8-9-19(24)18(11-17)22-10-4-7-16(22)14-28-20(25-22)12-21(26)27-13-15-5-2-1-3-6-15;2*1-24-14-6-8-22-17(10-14)12-4-5-16(20)15(9-12)19-7-2-3-13(19)11-25-18(21)23-19/h1-3,5-6,8-9,11,16H,4,7,10,12-14H2;2*4-6,8-10,13H,2-3,7,11H2,1H3,(H2,21,23)/t16-,22-;2*13-,19-/m000/s1. The predicted octanol–water partition coefficient (Wildman–Crippen LogP) is 13.8. The monoisotopic (exact) mass is 1180 g/mol. The number of nitrogens with zero attached hydrogens (tertiary/aromatic N) is 5. The van der Waals surface area contributed by atoms with Gasteiger partial charge in [0.1, 0.15) is 35.6 Å². The van der Waals surface area contributed by atoms with Gasteiger partial charge in [-0.05, 0) is 129 Å². The van der Waals surface area contributed by atoms with Crippen LogP contribution in [0.2, 0.25) is 0 Å². The van der Waals surface area contributed by atoms with E-state index in [1.807, 2.05) is 60.7 Å². The van der Waals surface area contributed by atoms with Crippen LogP contribution in [0.3, 0.4) is 0 Å². The van der Waals surface area contributed by atoms with E-state index in [1.54, 1.807) is 92.2 Å². The Bertz CT molecular complexity index is 3130. The van der Waals surface area contributed by atoms with Crippen LogP contribution in [0.25, 0.3) is 22.5 Å². The van der Waals surface area contributed by atoms with E-state index >= 15 is 0 Å². The molecule has 6 aliphatic rings. The average Bonchev–Trinajstić information content (AvgIpc) is 4.41. The number of nitrogens with two attached hydrogens (primary N) is 2. The number of ether oxygens (including phenoxy) is 3.